The molecule has 0 radical (unpaired) electrons. The Morgan fingerprint density at radius 3 is 2.52 bits per heavy atom. The predicted molar refractivity (Wildman–Crippen MR) is 105 cm³/mol. The smallest absolute Gasteiger partial charge is 0.251 e. The highest BCUT2D eigenvalue weighted by Gasteiger charge is 2.21. The Labute approximate surface area is 158 Å². The third kappa shape index (κ3) is 4.49. The van der Waals surface area contributed by atoms with Gasteiger partial charge in [-0.1, -0.05) is 26.0 Å². The number of pyridine rings is 1. The van der Waals surface area contributed by atoms with Gasteiger partial charge in [0.1, 0.15) is 12.2 Å². The lowest BCUT2D eigenvalue weighted by Crippen LogP contribution is -2.31. The number of hydrogen-bond acceptors (Lipinski definition) is 5. The number of nitrogens with one attached hydrogen (secondary N) is 1. The fourth-order valence-electron chi connectivity index (χ4n) is 2.99. The monoisotopic (exact) mass is 364 g/mol. The van der Waals surface area contributed by atoms with Crippen LogP contribution in [-0.2, 0) is 7.05 Å². The summed E-state index contributed by atoms with van der Waals surface area (Å²) in [5, 5.41) is 7.20. The van der Waals surface area contributed by atoms with Crippen molar-refractivity contribution >= 4 is 11.6 Å². The Morgan fingerprint density at radius 2 is 1.93 bits per heavy atom. The molecule has 0 saturated heterocycles. The number of benzene rings is 1. The minimum absolute atomic E-state index is 0.138. The van der Waals surface area contributed by atoms with Crippen molar-refractivity contribution in [3.8, 4) is 11.1 Å². The Morgan fingerprint density at radius 1 is 1.19 bits per heavy atom. The van der Waals surface area contributed by atoms with Crippen molar-refractivity contribution in [2.75, 3.05) is 5.73 Å². The average molecular weight is 364 g/mol. The van der Waals surface area contributed by atoms with Gasteiger partial charge >= 0.3 is 0 Å². The highest BCUT2D eigenvalue weighted by molar-refractivity contribution is 5.94. The summed E-state index contributed by atoms with van der Waals surface area (Å²) in [5.41, 5.74) is 8.86. The molecule has 3 aromatic rings. The van der Waals surface area contributed by atoms with Crippen molar-refractivity contribution in [1.29, 1.82) is 0 Å². The SMILES string of the molecule is CC(C)CC(NC(=O)c1ccc(-c2cncc(N)c2)cc1)c1ncnn1C. The summed E-state index contributed by atoms with van der Waals surface area (Å²) in [4.78, 5) is 21.1. The first-order valence-corrected chi connectivity index (χ1v) is 8.89. The van der Waals surface area contributed by atoms with Crippen molar-refractivity contribution in [3.05, 3.63) is 60.4 Å². The van der Waals surface area contributed by atoms with Gasteiger partial charge in [-0.2, -0.15) is 5.10 Å². The number of hydrogen-bond donors (Lipinski definition) is 2. The molecule has 2 aromatic heterocycles. The van der Waals surface area contributed by atoms with Crippen LogP contribution in [0.3, 0.4) is 0 Å². The number of aryl methyl sites for hydroxylation is 1. The van der Waals surface area contributed by atoms with Crippen molar-refractivity contribution < 1.29 is 4.79 Å². The maximum Gasteiger partial charge on any atom is 0.251 e. The van der Waals surface area contributed by atoms with Crippen LogP contribution in [0, 0.1) is 5.92 Å². The van der Waals surface area contributed by atoms with Gasteiger partial charge in [0.15, 0.2) is 0 Å². The quantitative estimate of drug-likeness (QED) is 0.700. The number of amides is 1. The van der Waals surface area contributed by atoms with Crippen molar-refractivity contribution in [2.45, 2.75) is 26.3 Å². The molecule has 1 amide bonds. The zero-order valence-electron chi connectivity index (χ0n) is 15.8. The highest BCUT2D eigenvalue weighted by Crippen LogP contribution is 2.22. The lowest BCUT2D eigenvalue weighted by atomic mass is 10.0. The molecule has 1 unspecified atom stereocenters. The Balaban J connectivity index is 1.77. The minimum Gasteiger partial charge on any atom is -0.397 e. The molecule has 0 spiro atoms. The molecule has 7 nitrogen and oxygen atoms in total. The molecule has 3 N–H and O–H groups in total. The molecule has 0 fully saturated rings. The van der Waals surface area contributed by atoms with Crippen LogP contribution in [0.2, 0.25) is 0 Å². The molecule has 7 heteroatoms. The third-order valence-corrected chi connectivity index (χ3v) is 4.31. The first-order valence-electron chi connectivity index (χ1n) is 8.89. The molecule has 3 rings (SSSR count). The van der Waals surface area contributed by atoms with E-state index in [9.17, 15) is 4.79 Å². The molecule has 27 heavy (non-hydrogen) atoms. The first-order chi connectivity index (χ1) is 12.9. The summed E-state index contributed by atoms with van der Waals surface area (Å²) < 4.78 is 1.70. The van der Waals surface area contributed by atoms with Gasteiger partial charge < -0.3 is 11.1 Å². The van der Waals surface area contributed by atoms with E-state index in [2.05, 4.69) is 34.2 Å². The molecular formula is C20H24N6O. The number of carbonyl (C=O) groups is 1. The van der Waals surface area contributed by atoms with Gasteiger partial charge in [0.05, 0.1) is 11.7 Å². The van der Waals surface area contributed by atoms with E-state index in [1.54, 1.807) is 29.2 Å². The zero-order valence-corrected chi connectivity index (χ0v) is 15.8. The molecular weight excluding hydrogens is 340 g/mol. The molecule has 0 aliphatic rings. The Hall–Kier alpha value is -3.22. The fourth-order valence-corrected chi connectivity index (χ4v) is 2.99. The van der Waals surface area contributed by atoms with E-state index >= 15 is 0 Å². The number of rotatable bonds is 6. The lowest BCUT2D eigenvalue weighted by molar-refractivity contribution is 0.0929. The van der Waals surface area contributed by atoms with Crippen LogP contribution in [-0.4, -0.2) is 25.7 Å². The van der Waals surface area contributed by atoms with E-state index in [-0.39, 0.29) is 11.9 Å². The topological polar surface area (TPSA) is 98.7 Å². The van der Waals surface area contributed by atoms with Crippen LogP contribution in [0.4, 0.5) is 5.69 Å². The van der Waals surface area contributed by atoms with E-state index in [1.807, 2.05) is 25.2 Å². The second-order valence-electron chi connectivity index (χ2n) is 6.98. The van der Waals surface area contributed by atoms with Gasteiger partial charge in [0, 0.05) is 30.6 Å². The van der Waals surface area contributed by atoms with Gasteiger partial charge in [-0.3, -0.25) is 14.5 Å². The van der Waals surface area contributed by atoms with Gasteiger partial charge in [-0.05, 0) is 36.1 Å². The van der Waals surface area contributed by atoms with Crippen molar-refractivity contribution in [2.24, 2.45) is 13.0 Å². The summed E-state index contributed by atoms with van der Waals surface area (Å²) in [5.74, 6) is 1.02. The van der Waals surface area contributed by atoms with Crippen LogP contribution in [0.5, 0.6) is 0 Å². The molecule has 0 saturated carbocycles. The molecule has 140 valence electrons. The molecule has 1 atom stereocenters. The number of anilines is 1. The zero-order chi connectivity index (χ0) is 19.4. The molecule has 1 aromatic carbocycles. The molecule has 2 heterocycles. The van der Waals surface area contributed by atoms with E-state index < -0.39 is 0 Å². The van der Waals surface area contributed by atoms with Crippen LogP contribution in [0.1, 0.15) is 42.5 Å². The average Bonchev–Trinajstić information content (AvgIpc) is 3.07. The summed E-state index contributed by atoms with van der Waals surface area (Å²) in [6.07, 6.45) is 5.64. The van der Waals surface area contributed by atoms with E-state index in [4.69, 9.17) is 5.73 Å². The fraction of sp³-hybridized carbons (Fsp3) is 0.300. The molecule has 0 aliphatic carbocycles. The Bertz CT molecular complexity index is 916. The predicted octanol–water partition coefficient (Wildman–Crippen LogP) is 2.98. The second-order valence-corrected chi connectivity index (χ2v) is 6.98. The van der Waals surface area contributed by atoms with Crippen molar-refractivity contribution in [3.63, 3.8) is 0 Å². The molecule has 0 aliphatic heterocycles. The lowest BCUT2D eigenvalue weighted by Gasteiger charge is -2.20. The van der Waals surface area contributed by atoms with Gasteiger partial charge in [-0.15, -0.1) is 0 Å². The maximum absolute atomic E-state index is 12.7. The number of nitrogen functional groups attached to an aromatic ring is 1. The summed E-state index contributed by atoms with van der Waals surface area (Å²) in [6, 6.07) is 9.06. The standard InChI is InChI=1S/C20H24N6O/c1-13(2)8-18(19-23-12-24-26(19)3)25-20(27)15-6-4-14(5-7-15)16-9-17(21)11-22-10-16/h4-7,9-13,18H,8,21H2,1-3H3,(H,25,27). The number of aromatic nitrogens is 4. The normalized spacial score (nSPS) is 12.1. The van der Waals surface area contributed by atoms with Crippen molar-refractivity contribution in [1.82, 2.24) is 25.1 Å². The minimum atomic E-state index is -0.192. The number of nitrogens with zero attached hydrogens (tertiary/aromatic N) is 4. The second kappa shape index (κ2) is 7.99. The van der Waals surface area contributed by atoms with Gasteiger partial charge in [0.25, 0.3) is 5.91 Å². The number of carbonyl (C=O) groups excluding carboxylic acids is 1. The Kier molecular flexibility index (Phi) is 5.49. The maximum atomic E-state index is 12.7. The molecule has 0 bridgehead atoms. The highest BCUT2D eigenvalue weighted by atomic mass is 16.1. The summed E-state index contributed by atoms with van der Waals surface area (Å²) in [6.45, 7) is 4.23. The van der Waals surface area contributed by atoms with Crippen LogP contribution < -0.4 is 11.1 Å². The van der Waals surface area contributed by atoms with Crippen LogP contribution in [0.15, 0.2) is 49.1 Å². The first kappa shape index (κ1) is 18.6. The largest absolute Gasteiger partial charge is 0.397 e. The van der Waals surface area contributed by atoms with Gasteiger partial charge in [0.2, 0.25) is 0 Å². The number of nitrogens with two attached hydrogens (primary N) is 1. The summed E-state index contributed by atoms with van der Waals surface area (Å²) in [7, 11) is 1.83. The van der Waals surface area contributed by atoms with Gasteiger partial charge in [-0.25, -0.2) is 4.98 Å². The van der Waals surface area contributed by atoms with Crippen LogP contribution in [0.25, 0.3) is 11.1 Å². The van der Waals surface area contributed by atoms with E-state index in [0.29, 0.717) is 17.2 Å². The van der Waals surface area contributed by atoms with Crippen LogP contribution >= 0.6 is 0 Å². The summed E-state index contributed by atoms with van der Waals surface area (Å²) >= 11 is 0. The third-order valence-electron chi connectivity index (χ3n) is 4.31. The van der Waals surface area contributed by atoms with E-state index in [1.165, 1.54) is 6.33 Å². The van der Waals surface area contributed by atoms with E-state index in [0.717, 1.165) is 23.4 Å².